The number of halogens is 2. The smallest absolute Gasteiger partial charge is 0.204 e. The molecular weight excluding hydrogens is 399 g/mol. The summed E-state index contributed by atoms with van der Waals surface area (Å²) in [5.41, 5.74) is 8.01. The van der Waals surface area contributed by atoms with Gasteiger partial charge in [-0.25, -0.2) is 4.98 Å². The maximum Gasteiger partial charge on any atom is 0.204 e. The van der Waals surface area contributed by atoms with E-state index < -0.39 is 0 Å². The average Bonchev–Trinajstić information content (AvgIpc) is 3.16. The number of benzene rings is 2. The van der Waals surface area contributed by atoms with Gasteiger partial charge in [-0.05, 0) is 50.2 Å². The van der Waals surface area contributed by atoms with Gasteiger partial charge in [0.2, 0.25) is 5.13 Å². The molecule has 0 aliphatic heterocycles. The van der Waals surface area contributed by atoms with Gasteiger partial charge < -0.3 is 4.57 Å². The number of thiazole rings is 1. The van der Waals surface area contributed by atoms with Crippen LogP contribution in [0.3, 0.4) is 0 Å². The Morgan fingerprint density at radius 2 is 1.93 bits per heavy atom. The molecule has 0 aliphatic rings. The van der Waals surface area contributed by atoms with Gasteiger partial charge in [0.25, 0.3) is 0 Å². The van der Waals surface area contributed by atoms with Crippen LogP contribution in [-0.4, -0.2) is 15.8 Å². The molecular formula is C20H16Cl2N4S. The number of hydrogen-bond acceptors (Lipinski definition) is 4. The van der Waals surface area contributed by atoms with Crippen molar-refractivity contribution in [1.29, 1.82) is 0 Å². The third-order valence-electron chi connectivity index (χ3n) is 4.28. The summed E-state index contributed by atoms with van der Waals surface area (Å²) >= 11 is 14.0. The maximum absolute atomic E-state index is 6.38. The van der Waals surface area contributed by atoms with Crippen molar-refractivity contribution in [3.05, 3.63) is 75.5 Å². The number of fused-ring (bicyclic) bond motifs is 1. The van der Waals surface area contributed by atoms with E-state index in [1.54, 1.807) is 23.6 Å². The summed E-state index contributed by atoms with van der Waals surface area (Å²) < 4.78 is 3.23. The first-order chi connectivity index (χ1) is 13.0. The Bertz CT molecular complexity index is 1130. The van der Waals surface area contributed by atoms with E-state index in [4.69, 9.17) is 23.2 Å². The molecule has 4 aromatic rings. The standard InChI is InChI=1S/C20H16Cl2N4S/c1-12-9-14(13(2)26(12)18-8-7-15(21)10-16(18)22)11-23-25-20-24-17-5-3-4-6-19(17)27-20/h3-11H,1-2H3,(H,24,25)/b23-11-. The molecule has 2 heterocycles. The minimum Gasteiger partial charge on any atom is -0.316 e. The third-order valence-corrected chi connectivity index (χ3v) is 5.76. The van der Waals surface area contributed by atoms with Gasteiger partial charge in [-0.15, -0.1) is 0 Å². The molecule has 0 radical (unpaired) electrons. The van der Waals surface area contributed by atoms with Gasteiger partial charge in [-0.1, -0.05) is 46.7 Å². The summed E-state index contributed by atoms with van der Waals surface area (Å²) in [6.45, 7) is 4.08. The number of aromatic nitrogens is 2. The molecule has 1 N–H and O–H groups in total. The van der Waals surface area contributed by atoms with Gasteiger partial charge >= 0.3 is 0 Å². The Labute approximate surface area is 171 Å². The molecule has 2 aromatic carbocycles. The quantitative estimate of drug-likeness (QED) is 0.307. The molecule has 4 rings (SSSR count). The first kappa shape index (κ1) is 18.0. The maximum atomic E-state index is 6.38. The lowest BCUT2D eigenvalue weighted by Crippen LogP contribution is -2.00. The van der Waals surface area contributed by atoms with Crippen molar-refractivity contribution in [2.24, 2.45) is 5.10 Å². The van der Waals surface area contributed by atoms with Gasteiger partial charge in [0.05, 0.1) is 27.1 Å². The second-order valence-electron chi connectivity index (χ2n) is 6.11. The van der Waals surface area contributed by atoms with Gasteiger partial charge in [0.15, 0.2) is 0 Å². The van der Waals surface area contributed by atoms with Crippen LogP contribution in [0.25, 0.3) is 15.9 Å². The zero-order valence-electron chi connectivity index (χ0n) is 14.7. The zero-order valence-corrected chi connectivity index (χ0v) is 17.0. The molecule has 0 bridgehead atoms. The van der Waals surface area contributed by atoms with Crippen LogP contribution >= 0.6 is 34.5 Å². The van der Waals surface area contributed by atoms with Crippen molar-refractivity contribution in [2.75, 3.05) is 5.43 Å². The lowest BCUT2D eigenvalue weighted by molar-refractivity contribution is 0.965. The zero-order chi connectivity index (χ0) is 19.0. The Hall–Kier alpha value is -2.34. The summed E-state index contributed by atoms with van der Waals surface area (Å²) in [6, 6.07) is 15.6. The van der Waals surface area contributed by atoms with E-state index in [1.165, 1.54) is 0 Å². The average molecular weight is 415 g/mol. The molecule has 0 aliphatic carbocycles. The van der Waals surface area contributed by atoms with Crippen molar-refractivity contribution in [3.8, 4) is 5.69 Å². The summed E-state index contributed by atoms with van der Waals surface area (Å²) in [5, 5.41) is 6.35. The number of hydrazone groups is 1. The van der Waals surface area contributed by atoms with Crippen LogP contribution in [0.4, 0.5) is 5.13 Å². The number of hydrogen-bond donors (Lipinski definition) is 1. The van der Waals surface area contributed by atoms with E-state index in [0.717, 1.165) is 38.0 Å². The lowest BCUT2D eigenvalue weighted by Gasteiger charge is -2.11. The Kier molecular flexibility index (Phi) is 4.91. The molecule has 0 amide bonds. The lowest BCUT2D eigenvalue weighted by atomic mass is 10.2. The van der Waals surface area contributed by atoms with Crippen molar-refractivity contribution in [3.63, 3.8) is 0 Å². The Balaban J connectivity index is 1.60. The predicted molar refractivity (Wildman–Crippen MR) is 116 cm³/mol. The van der Waals surface area contributed by atoms with Crippen LogP contribution in [0.1, 0.15) is 17.0 Å². The fourth-order valence-corrected chi connectivity index (χ4v) is 4.34. The molecule has 0 saturated carbocycles. The van der Waals surface area contributed by atoms with Crippen molar-refractivity contribution >= 4 is 56.1 Å². The number of nitrogens with one attached hydrogen (secondary N) is 1. The molecule has 0 unspecified atom stereocenters. The number of anilines is 1. The van der Waals surface area contributed by atoms with Crippen LogP contribution < -0.4 is 5.43 Å². The first-order valence-electron chi connectivity index (χ1n) is 8.32. The summed E-state index contributed by atoms with van der Waals surface area (Å²) in [5.74, 6) is 0. The van der Waals surface area contributed by atoms with Gasteiger partial charge in [0, 0.05) is 22.0 Å². The monoisotopic (exact) mass is 414 g/mol. The number of aryl methyl sites for hydroxylation is 1. The summed E-state index contributed by atoms with van der Waals surface area (Å²) in [6.07, 6.45) is 1.80. The highest BCUT2D eigenvalue weighted by molar-refractivity contribution is 7.22. The fourth-order valence-electron chi connectivity index (χ4n) is 3.03. The van der Waals surface area contributed by atoms with Gasteiger partial charge in [-0.3, -0.25) is 5.43 Å². The van der Waals surface area contributed by atoms with E-state index in [2.05, 4.69) is 26.1 Å². The SMILES string of the molecule is Cc1cc(/C=N\Nc2nc3ccccc3s2)c(C)n1-c1ccc(Cl)cc1Cl. The molecule has 4 nitrogen and oxygen atoms in total. The van der Waals surface area contributed by atoms with Crippen LogP contribution in [0.15, 0.2) is 53.6 Å². The second kappa shape index (κ2) is 7.35. The van der Waals surface area contributed by atoms with E-state index in [0.29, 0.717) is 10.0 Å². The van der Waals surface area contributed by atoms with Crippen molar-refractivity contribution < 1.29 is 0 Å². The first-order valence-corrected chi connectivity index (χ1v) is 9.89. The number of rotatable bonds is 4. The summed E-state index contributed by atoms with van der Waals surface area (Å²) in [4.78, 5) is 4.52. The highest BCUT2D eigenvalue weighted by Gasteiger charge is 2.12. The van der Waals surface area contributed by atoms with Crippen LogP contribution in [0, 0.1) is 13.8 Å². The van der Waals surface area contributed by atoms with Crippen molar-refractivity contribution in [1.82, 2.24) is 9.55 Å². The second-order valence-corrected chi connectivity index (χ2v) is 7.99. The van der Waals surface area contributed by atoms with E-state index >= 15 is 0 Å². The van der Waals surface area contributed by atoms with E-state index in [9.17, 15) is 0 Å². The highest BCUT2D eigenvalue weighted by atomic mass is 35.5. The predicted octanol–water partition coefficient (Wildman–Crippen LogP) is 6.46. The van der Waals surface area contributed by atoms with Gasteiger partial charge in [0.1, 0.15) is 0 Å². The molecule has 0 atom stereocenters. The fraction of sp³-hybridized carbons (Fsp3) is 0.100. The van der Waals surface area contributed by atoms with Crippen LogP contribution in [-0.2, 0) is 0 Å². The molecule has 0 spiro atoms. The Morgan fingerprint density at radius 1 is 1.11 bits per heavy atom. The number of nitrogens with zero attached hydrogens (tertiary/aromatic N) is 3. The van der Waals surface area contributed by atoms with Crippen LogP contribution in [0.2, 0.25) is 10.0 Å². The Morgan fingerprint density at radius 3 is 2.70 bits per heavy atom. The minimum atomic E-state index is 0.611. The van der Waals surface area contributed by atoms with E-state index in [-0.39, 0.29) is 0 Å². The third kappa shape index (κ3) is 3.58. The molecule has 7 heteroatoms. The van der Waals surface area contributed by atoms with Crippen molar-refractivity contribution in [2.45, 2.75) is 13.8 Å². The molecule has 136 valence electrons. The number of para-hydroxylation sites is 1. The van der Waals surface area contributed by atoms with Gasteiger partial charge in [-0.2, -0.15) is 5.10 Å². The largest absolute Gasteiger partial charge is 0.316 e. The topological polar surface area (TPSA) is 42.2 Å². The normalized spacial score (nSPS) is 11.6. The van der Waals surface area contributed by atoms with E-state index in [1.807, 2.05) is 50.2 Å². The molecule has 0 fully saturated rings. The molecule has 2 aromatic heterocycles. The highest BCUT2D eigenvalue weighted by Crippen LogP contribution is 2.29. The molecule has 27 heavy (non-hydrogen) atoms. The molecule has 0 saturated heterocycles. The minimum absolute atomic E-state index is 0.611. The van der Waals surface area contributed by atoms with Crippen LogP contribution in [0.5, 0.6) is 0 Å². The summed E-state index contributed by atoms with van der Waals surface area (Å²) in [7, 11) is 0.